The van der Waals surface area contributed by atoms with E-state index >= 15 is 0 Å². The maximum atomic E-state index is 12.5. The molecule has 2 N–H and O–H groups in total. The fourth-order valence-corrected chi connectivity index (χ4v) is 4.00. The number of para-hydroxylation sites is 2. The summed E-state index contributed by atoms with van der Waals surface area (Å²) in [6.45, 7) is 5.97. The number of benzene rings is 2. The summed E-state index contributed by atoms with van der Waals surface area (Å²) in [5.74, 6) is 1.51. The minimum Gasteiger partial charge on any atom is -0.485 e. The van der Waals surface area contributed by atoms with Crippen molar-refractivity contribution in [1.29, 1.82) is 0 Å². The molecule has 2 heterocycles. The molecule has 32 heavy (non-hydrogen) atoms. The summed E-state index contributed by atoms with van der Waals surface area (Å²) < 4.78 is 7.92. The van der Waals surface area contributed by atoms with Gasteiger partial charge in [0.05, 0.1) is 22.8 Å². The Bertz CT molecular complexity index is 1200. The number of ether oxygens (including phenoxy) is 1. The number of aromatic nitrogens is 5. The minimum atomic E-state index is -0.136. The van der Waals surface area contributed by atoms with Crippen LogP contribution in [0.15, 0.2) is 59.8 Å². The van der Waals surface area contributed by atoms with Crippen LogP contribution in [-0.2, 0) is 11.4 Å². The predicted octanol–water partition coefficient (Wildman–Crippen LogP) is 4.23. The zero-order valence-electron chi connectivity index (χ0n) is 18.1. The van der Waals surface area contributed by atoms with E-state index in [1.807, 2.05) is 79.9 Å². The van der Waals surface area contributed by atoms with Crippen LogP contribution in [0.5, 0.6) is 5.75 Å². The monoisotopic (exact) mass is 448 g/mol. The number of anilines is 1. The highest BCUT2D eigenvalue weighted by Crippen LogP contribution is 2.25. The third-order valence-electron chi connectivity index (χ3n) is 4.89. The molecule has 1 amide bonds. The summed E-state index contributed by atoms with van der Waals surface area (Å²) in [5.41, 5.74) is 4.25. The molecule has 0 saturated heterocycles. The van der Waals surface area contributed by atoms with Crippen molar-refractivity contribution in [1.82, 2.24) is 25.0 Å². The molecule has 2 aromatic carbocycles. The summed E-state index contributed by atoms with van der Waals surface area (Å²) >= 11 is 1.32. The van der Waals surface area contributed by atoms with Crippen molar-refractivity contribution in [3.63, 3.8) is 0 Å². The van der Waals surface area contributed by atoms with Gasteiger partial charge < -0.3 is 10.1 Å². The van der Waals surface area contributed by atoms with Crippen LogP contribution in [0.1, 0.15) is 22.8 Å². The summed E-state index contributed by atoms with van der Waals surface area (Å²) in [4.78, 5) is 12.5. The number of carbonyl (C=O) groups excluding carboxylic acids is 1. The molecule has 0 atom stereocenters. The van der Waals surface area contributed by atoms with Crippen molar-refractivity contribution in [2.45, 2.75) is 32.5 Å². The maximum Gasteiger partial charge on any atom is 0.234 e. The number of rotatable bonds is 8. The highest BCUT2D eigenvalue weighted by atomic mass is 32.2. The van der Waals surface area contributed by atoms with Crippen LogP contribution in [0.2, 0.25) is 0 Å². The normalized spacial score (nSPS) is 10.8. The largest absolute Gasteiger partial charge is 0.485 e. The SMILES string of the molecule is Cc1ccccc1OCc1nnc(SCC(=O)Nc2c(C)n[nH]c2C)n1-c1ccccc1. The zero-order chi connectivity index (χ0) is 22.5. The van der Waals surface area contributed by atoms with E-state index in [1.165, 1.54) is 11.8 Å². The zero-order valence-corrected chi connectivity index (χ0v) is 18.9. The first-order chi connectivity index (χ1) is 15.5. The van der Waals surface area contributed by atoms with E-state index in [9.17, 15) is 4.79 Å². The molecule has 0 aliphatic carbocycles. The molecule has 0 aliphatic rings. The molecule has 8 nitrogen and oxygen atoms in total. The number of hydrogen-bond acceptors (Lipinski definition) is 6. The van der Waals surface area contributed by atoms with Crippen molar-refractivity contribution >= 4 is 23.4 Å². The molecular formula is C23H24N6O2S. The first-order valence-corrected chi connectivity index (χ1v) is 11.1. The standard InChI is InChI=1S/C23H24N6O2S/c1-15-9-7-8-12-19(15)31-13-20-27-28-23(29(20)18-10-5-4-6-11-18)32-14-21(30)24-22-16(2)25-26-17(22)3/h4-12H,13-14H2,1-3H3,(H,24,30)(H,25,26). The Kier molecular flexibility index (Phi) is 6.55. The molecule has 9 heteroatoms. The van der Waals surface area contributed by atoms with E-state index in [0.29, 0.717) is 16.7 Å². The molecule has 0 spiro atoms. The van der Waals surface area contributed by atoms with Gasteiger partial charge in [-0.15, -0.1) is 10.2 Å². The summed E-state index contributed by atoms with van der Waals surface area (Å²) in [5, 5.41) is 19.2. The molecule has 0 radical (unpaired) electrons. The van der Waals surface area contributed by atoms with Crippen molar-refractivity contribution in [2.75, 3.05) is 11.1 Å². The molecule has 2 aromatic heterocycles. The average Bonchev–Trinajstić information content (AvgIpc) is 3.35. The third-order valence-corrected chi connectivity index (χ3v) is 5.82. The van der Waals surface area contributed by atoms with Crippen LogP contribution in [-0.4, -0.2) is 36.6 Å². The number of amides is 1. The first-order valence-electron chi connectivity index (χ1n) is 10.2. The Labute approximate surface area is 190 Å². The molecule has 0 fully saturated rings. The highest BCUT2D eigenvalue weighted by molar-refractivity contribution is 7.99. The molecule has 0 aliphatic heterocycles. The first kappa shape index (κ1) is 21.6. The summed E-state index contributed by atoms with van der Waals surface area (Å²) in [6, 6.07) is 17.6. The number of carbonyl (C=O) groups is 1. The topological polar surface area (TPSA) is 97.7 Å². The number of thioether (sulfide) groups is 1. The van der Waals surface area contributed by atoms with Gasteiger partial charge in [0.25, 0.3) is 0 Å². The van der Waals surface area contributed by atoms with Gasteiger partial charge in [-0.3, -0.25) is 14.5 Å². The van der Waals surface area contributed by atoms with Crippen LogP contribution in [0.25, 0.3) is 5.69 Å². The lowest BCUT2D eigenvalue weighted by molar-refractivity contribution is -0.113. The van der Waals surface area contributed by atoms with Gasteiger partial charge in [-0.05, 0) is 44.5 Å². The van der Waals surface area contributed by atoms with Gasteiger partial charge in [0.2, 0.25) is 5.91 Å². The second-order valence-corrected chi connectivity index (χ2v) is 8.21. The number of aryl methyl sites for hydroxylation is 3. The van der Waals surface area contributed by atoms with Crippen molar-refractivity contribution in [3.8, 4) is 11.4 Å². The second-order valence-electron chi connectivity index (χ2n) is 7.27. The minimum absolute atomic E-state index is 0.136. The van der Waals surface area contributed by atoms with Gasteiger partial charge in [-0.1, -0.05) is 48.2 Å². The van der Waals surface area contributed by atoms with Crippen LogP contribution < -0.4 is 10.1 Å². The van der Waals surface area contributed by atoms with Crippen molar-refractivity contribution in [2.24, 2.45) is 0 Å². The lowest BCUT2D eigenvalue weighted by Crippen LogP contribution is -2.15. The van der Waals surface area contributed by atoms with Crippen molar-refractivity contribution in [3.05, 3.63) is 77.4 Å². The van der Waals surface area contributed by atoms with Gasteiger partial charge in [0, 0.05) is 5.69 Å². The Morgan fingerprint density at radius 3 is 2.53 bits per heavy atom. The van der Waals surface area contributed by atoms with Gasteiger partial charge in [0.1, 0.15) is 12.4 Å². The van der Waals surface area contributed by atoms with Gasteiger partial charge in [-0.2, -0.15) is 5.10 Å². The predicted molar refractivity (Wildman–Crippen MR) is 124 cm³/mol. The van der Waals surface area contributed by atoms with Crippen LogP contribution >= 0.6 is 11.8 Å². The average molecular weight is 449 g/mol. The van der Waals surface area contributed by atoms with E-state index in [1.54, 1.807) is 0 Å². The molecule has 0 unspecified atom stereocenters. The molecule has 4 aromatic rings. The number of H-pyrrole nitrogens is 1. The van der Waals surface area contributed by atoms with Gasteiger partial charge in [-0.25, -0.2) is 0 Å². The van der Waals surface area contributed by atoms with E-state index in [0.717, 1.165) is 28.4 Å². The van der Waals surface area contributed by atoms with Crippen LogP contribution in [0, 0.1) is 20.8 Å². The van der Waals surface area contributed by atoms with Crippen molar-refractivity contribution < 1.29 is 9.53 Å². The number of nitrogens with zero attached hydrogens (tertiary/aromatic N) is 4. The number of hydrogen-bond donors (Lipinski definition) is 2. The second kappa shape index (κ2) is 9.69. The highest BCUT2D eigenvalue weighted by Gasteiger charge is 2.17. The number of nitrogens with one attached hydrogen (secondary N) is 2. The van der Waals surface area contributed by atoms with E-state index in [-0.39, 0.29) is 18.3 Å². The van der Waals surface area contributed by atoms with E-state index in [4.69, 9.17) is 4.74 Å². The van der Waals surface area contributed by atoms with Gasteiger partial charge in [0.15, 0.2) is 11.0 Å². The molecule has 0 bridgehead atoms. The molecule has 4 rings (SSSR count). The third kappa shape index (κ3) is 4.83. The fraction of sp³-hybridized carbons (Fsp3) is 0.217. The van der Waals surface area contributed by atoms with Crippen LogP contribution in [0.4, 0.5) is 5.69 Å². The lowest BCUT2D eigenvalue weighted by Gasteiger charge is -2.12. The Balaban J connectivity index is 1.51. The smallest absolute Gasteiger partial charge is 0.234 e. The van der Waals surface area contributed by atoms with E-state index < -0.39 is 0 Å². The van der Waals surface area contributed by atoms with E-state index in [2.05, 4.69) is 25.7 Å². The van der Waals surface area contributed by atoms with Crippen LogP contribution in [0.3, 0.4) is 0 Å². The molecular weight excluding hydrogens is 424 g/mol. The summed E-state index contributed by atoms with van der Waals surface area (Å²) in [7, 11) is 0. The molecule has 0 saturated carbocycles. The number of aromatic amines is 1. The maximum absolute atomic E-state index is 12.5. The van der Waals surface area contributed by atoms with Gasteiger partial charge >= 0.3 is 0 Å². The molecule has 164 valence electrons. The fourth-order valence-electron chi connectivity index (χ4n) is 3.23. The Morgan fingerprint density at radius 1 is 1.06 bits per heavy atom. The Hall–Kier alpha value is -3.59. The lowest BCUT2D eigenvalue weighted by atomic mass is 10.2. The Morgan fingerprint density at radius 2 is 1.81 bits per heavy atom. The quantitative estimate of drug-likeness (QED) is 0.392. The summed E-state index contributed by atoms with van der Waals surface area (Å²) in [6.07, 6.45) is 0.